The van der Waals surface area contributed by atoms with E-state index in [9.17, 15) is 4.79 Å². The highest BCUT2D eigenvalue weighted by Gasteiger charge is 2.16. The number of ether oxygens (including phenoxy) is 2. The Hall–Kier alpha value is -2.24. The van der Waals surface area contributed by atoms with Crippen LogP contribution in [0.3, 0.4) is 0 Å². The third kappa shape index (κ3) is 3.00. The normalized spacial score (nSPS) is 12.6. The van der Waals surface area contributed by atoms with Crippen molar-refractivity contribution in [3.63, 3.8) is 0 Å². The van der Waals surface area contributed by atoms with Crippen LogP contribution in [0.4, 0.5) is 0 Å². The molecule has 0 unspecified atom stereocenters. The van der Waals surface area contributed by atoms with Crippen LogP contribution in [0.2, 0.25) is 10.0 Å². The van der Waals surface area contributed by atoms with Crippen molar-refractivity contribution in [2.45, 2.75) is 0 Å². The molecule has 2 aromatic carbocycles. The average Bonchev–Trinajstić information content (AvgIpc) is 2.94. The van der Waals surface area contributed by atoms with E-state index in [1.165, 1.54) is 6.21 Å². The second-order valence-corrected chi connectivity index (χ2v) is 5.14. The summed E-state index contributed by atoms with van der Waals surface area (Å²) in [6.07, 6.45) is 1.38. The van der Waals surface area contributed by atoms with E-state index in [1.54, 1.807) is 36.4 Å². The summed E-state index contributed by atoms with van der Waals surface area (Å²) in [4.78, 5) is 16.7. The Labute approximate surface area is 136 Å². The molecule has 1 aliphatic heterocycles. The van der Waals surface area contributed by atoms with Crippen LogP contribution in [0.25, 0.3) is 0 Å². The van der Waals surface area contributed by atoms with Gasteiger partial charge in [-0.05, 0) is 30.3 Å². The molecule has 0 amide bonds. The molecule has 0 fully saturated rings. The molecule has 5 nitrogen and oxygen atoms in total. The van der Waals surface area contributed by atoms with E-state index in [0.29, 0.717) is 17.1 Å². The predicted octanol–water partition coefficient (Wildman–Crippen LogP) is 3.91. The molecule has 1 aliphatic rings. The predicted molar refractivity (Wildman–Crippen MR) is 82.0 cm³/mol. The Morgan fingerprint density at radius 3 is 2.64 bits per heavy atom. The zero-order valence-corrected chi connectivity index (χ0v) is 12.6. The number of hydrogen-bond acceptors (Lipinski definition) is 5. The van der Waals surface area contributed by atoms with Gasteiger partial charge in [0.25, 0.3) is 0 Å². The summed E-state index contributed by atoms with van der Waals surface area (Å²) in [5.41, 5.74) is 0.774. The summed E-state index contributed by atoms with van der Waals surface area (Å²) in [6, 6.07) is 9.96. The fourth-order valence-corrected chi connectivity index (χ4v) is 2.42. The first-order valence-corrected chi connectivity index (χ1v) is 6.99. The standard InChI is InChI=1S/C15H9Cl2NO4/c16-10-2-1-3-11(17)14(10)15(19)22-18-7-9-4-5-12-13(6-9)21-8-20-12/h1-7H,8H2. The van der Waals surface area contributed by atoms with Gasteiger partial charge in [0.05, 0.1) is 21.8 Å². The van der Waals surface area contributed by atoms with Gasteiger partial charge in [-0.15, -0.1) is 0 Å². The smallest absolute Gasteiger partial charge is 0.368 e. The minimum atomic E-state index is -0.729. The van der Waals surface area contributed by atoms with Crippen molar-refractivity contribution in [3.05, 3.63) is 57.6 Å². The van der Waals surface area contributed by atoms with Crippen LogP contribution in [0.15, 0.2) is 41.6 Å². The molecular weight excluding hydrogens is 329 g/mol. The first-order chi connectivity index (χ1) is 10.6. The Morgan fingerprint density at radius 2 is 1.86 bits per heavy atom. The molecule has 0 atom stereocenters. The third-order valence-corrected chi connectivity index (χ3v) is 3.53. The summed E-state index contributed by atoms with van der Waals surface area (Å²) >= 11 is 11.8. The van der Waals surface area contributed by atoms with Gasteiger partial charge in [-0.1, -0.05) is 34.4 Å². The summed E-state index contributed by atoms with van der Waals surface area (Å²) in [5.74, 6) is 0.550. The topological polar surface area (TPSA) is 57.1 Å². The van der Waals surface area contributed by atoms with Crippen molar-refractivity contribution >= 4 is 35.4 Å². The van der Waals surface area contributed by atoms with E-state index in [2.05, 4.69) is 5.16 Å². The summed E-state index contributed by atoms with van der Waals surface area (Å²) < 4.78 is 10.4. The van der Waals surface area contributed by atoms with Gasteiger partial charge in [0, 0.05) is 5.56 Å². The van der Waals surface area contributed by atoms with Crippen LogP contribution in [0.5, 0.6) is 11.5 Å². The fourth-order valence-electron chi connectivity index (χ4n) is 1.87. The van der Waals surface area contributed by atoms with Gasteiger partial charge in [-0.3, -0.25) is 0 Å². The highest BCUT2D eigenvalue weighted by Crippen LogP contribution is 2.32. The van der Waals surface area contributed by atoms with E-state index < -0.39 is 5.97 Å². The molecule has 0 radical (unpaired) electrons. The number of rotatable bonds is 3. The van der Waals surface area contributed by atoms with Crippen molar-refractivity contribution in [2.75, 3.05) is 6.79 Å². The summed E-state index contributed by atoms with van der Waals surface area (Å²) in [7, 11) is 0. The lowest BCUT2D eigenvalue weighted by Gasteiger charge is -2.03. The van der Waals surface area contributed by atoms with Crippen molar-refractivity contribution in [3.8, 4) is 11.5 Å². The lowest BCUT2D eigenvalue weighted by atomic mass is 10.2. The summed E-state index contributed by atoms with van der Waals surface area (Å²) in [5, 5.41) is 4.05. The highest BCUT2D eigenvalue weighted by molar-refractivity contribution is 6.39. The molecule has 0 aliphatic carbocycles. The van der Waals surface area contributed by atoms with E-state index in [1.807, 2.05) is 0 Å². The molecule has 0 N–H and O–H groups in total. The van der Waals surface area contributed by atoms with Gasteiger partial charge in [-0.25, -0.2) is 4.79 Å². The van der Waals surface area contributed by atoms with Gasteiger partial charge in [0.2, 0.25) is 6.79 Å². The molecule has 1 heterocycles. The van der Waals surface area contributed by atoms with Crippen molar-refractivity contribution in [1.82, 2.24) is 0 Å². The summed E-state index contributed by atoms with van der Waals surface area (Å²) in [6.45, 7) is 0.190. The number of hydrogen-bond donors (Lipinski definition) is 0. The molecular formula is C15H9Cl2NO4. The number of carbonyl (C=O) groups excluding carboxylic acids is 1. The Balaban J connectivity index is 1.71. The SMILES string of the molecule is O=C(ON=Cc1ccc2c(c1)OCO2)c1c(Cl)cccc1Cl. The van der Waals surface area contributed by atoms with E-state index in [4.69, 9.17) is 37.5 Å². The molecule has 0 aromatic heterocycles. The van der Waals surface area contributed by atoms with Crippen LogP contribution >= 0.6 is 23.2 Å². The molecule has 22 heavy (non-hydrogen) atoms. The number of nitrogens with zero attached hydrogens (tertiary/aromatic N) is 1. The van der Waals surface area contributed by atoms with E-state index >= 15 is 0 Å². The van der Waals surface area contributed by atoms with E-state index in [-0.39, 0.29) is 22.4 Å². The van der Waals surface area contributed by atoms with Crippen LogP contribution in [0, 0.1) is 0 Å². The number of oxime groups is 1. The van der Waals surface area contributed by atoms with Crippen molar-refractivity contribution in [1.29, 1.82) is 0 Å². The van der Waals surface area contributed by atoms with Crippen LogP contribution < -0.4 is 9.47 Å². The molecule has 7 heteroatoms. The van der Waals surface area contributed by atoms with Crippen LogP contribution in [-0.2, 0) is 4.84 Å². The molecule has 2 aromatic rings. The molecule has 0 spiro atoms. The van der Waals surface area contributed by atoms with E-state index in [0.717, 1.165) is 0 Å². The maximum absolute atomic E-state index is 11.9. The average molecular weight is 338 g/mol. The van der Waals surface area contributed by atoms with Gasteiger partial charge in [0.1, 0.15) is 0 Å². The third-order valence-electron chi connectivity index (χ3n) is 2.90. The number of halogens is 2. The maximum atomic E-state index is 11.9. The minimum absolute atomic E-state index is 0.0775. The molecule has 3 rings (SSSR count). The molecule has 0 saturated carbocycles. The van der Waals surface area contributed by atoms with Crippen LogP contribution in [-0.4, -0.2) is 19.0 Å². The van der Waals surface area contributed by atoms with Crippen molar-refractivity contribution < 1.29 is 19.1 Å². The quantitative estimate of drug-likeness (QED) is 0.484. The molecule has 0 saturated heterocycles. The fraction of sp³-hybridized carbons (Fsp3) is 0.0667. The first-order valence-electron chi connectivity index (χ1n) is 6.23. The molecule has 112 valence electrons. The Kier molecular flexibility index (Phi) is 4.18. The van der Waals surface area contributed by atoms with Gasteiger partial charge < -0.3 is 14.3 Å². The molecule has 0 bridgehead atoms. The van der Waals surface area contributed by atoms with Gasteiger partial charge in [0.15, 0.2) is 11.5 Å². The zero-order valence-electron chi connectivity index (χ0n) is 11.1. The van der Waals surface area contributed by atoms with Gasteiger partial charge >= 0.3 is 5.97 Å². The lowest BCUT2D eigenvalue weighted by Crippen LogP contribution is -2.03. The number of carbonyl (C=O) groups is 1. The number of fused-ring (bicyclic) bond motifs is 1. The second kappa shape index (κ2) is 6.25. The monoisotopic (exact) mass is 337 g/mol. The van der Waals surface area contributed by atoms with Crippen molar-refractivity contribution in [2.24, 2.45) is 5.16 Å². The largest absolute Gasteiger partial charge is 0.454 e. The zero-order chi connectivity index (χ0) is 15.5. The lowest BCUT2D eigenvalue weighted by molar-refractivity contribution is 0.0519. The maximum Gasteiger partial charge on any atom is 0.368 e. The number of benzene rings is 2. The second-order valence-electron chi connectivity index (χ2n) is 4.32. The Morgan fingerprint density at radius 1 is 1.14 bits per heavy atom. The Bertz CT molecular complexity index is 741. The minimum Gasteiger partial charge on any atom is -0.454 e. The van der Waals surface area contributed by atoms with Crippen LogP contribution in [0.1, 0.15) is 15.9 Å². The van der Waals surface area contributed by atoms with Gasteiger partial charge in [-0.2, -0.15) is 0 Å². The first kappa shape index (κ1) is 14.7. The highest BCUT2D eigenvalue weighted by atomic mass is 35.5.